The molecule has 0 atom stereocenters. The Morgan fingerprint density at radius 1 is 0.523 bits per heavy atom. The van der Waals surface area contributed by atoms with E-state index in [1.165, 1.54) is 6.42 Å². The van der Waals surface area contributed by atoms with Gasteiger partial charge in [0.1, 0.15) is 0 Å². The Kier molecular flexibility index (Phi) is 11.3. The van der Waals surface area contributed by atoms with Crippen LogP contribution in [0, 0.1) is 0 Å². The molecular formula is C32H32F6N2O4. The summed E-state index contributed by atoms with van der Waals surface area (Å²) in [6, 6.07) is 15.2. The van der Waals surface area contributed by atoms with Crippen LogP contribution in [0.1, 0.15) is 86.7 Å². The number of nitrogens with zero attached hydrogens (tertiary/aromatic N) is 2. The van der Waals surface area contributed by atoms with E-state index in [4.69, 9.17) is 0 Å². The zero-order valence-corrected chi connectivity index (χ0v) is 24.9. The second-order valence-electron chi connectivity index (χ2n) is 9.47. The van der Waals surface area contributed by atoms with Gasteiger partial charge >= 0.3 is 12.4 Å². The summed E-state index contributed by atoms with van der Waals surface area (Å²) in [7, 11) is 2.09. The molecule has 0 aromatic heterocycles. The van der Waals surface area contributed by atoms with E-state index in [-0.39, 0.29) is 11.1 Å². The monoisotopic (exact) mass is 622 g/mol. The van der Waals surface area contributed by atoms with E-state index in [1.54, 1.807) is 0 Å². The van der Waals surface area contributed by atoms with Crippen LogP contribution < -0.4 is 0 Å². The number of hydrogen-bond donors (Lipinski definition) is 0. The lowest BCUT2D eigenvalue weighted by atomic mass is 9.71. The minimum Gasteiger partial charge on any atom is -0.277 e. The van der Waals surface area contributed by atoms with Gasteiger partial charge in [-0.2, -0.15) is 26.3 Å². The van der Waals surface area contributed by atoms with Crippen molar-refractivity contribution in [3.8, 4) is 0 Å². The SMILES string of the molecule is CC.CCC.CN1C(=O)c2ccc(C(c3ccc4c(c3)C(=O)N(C)C4=O)(C(F)(F)F)C(F)(F)F)cc2C1=O.c1ccccc1. The number of benzene rings is 3. The summed E-state index contributed by atoms with van der Waals surface area (Å²) in [5.41, 5.74) is -9.25. The first-order chi connectivity index (χ1) is 20.6. The number of fused-ring (bicyclic) bond motifs is 2. The summed E-state index contributed by atoms with van der Waals surface area (Å²) in [4.78, 5) is 49.7. The van der Waals surface area contributed by atoms with Gasteiger partial charge in [0.25, 0.3) is 23.6 Å². The molecule has 0 saturated heterocycles. The molecule has 3 aromatic rings. The molecule has 0 saturated carbocycles. The normalized spacial score (nSPS) is 14.1. The summed E-state index contributed by atoms with van der Waals surface area (Å²) in [6.45, 7) is 8.25. The molecule has 0 radical (unpaired) electrons. The Bertz CT molecular complexity index is 1390. The van der Waals surface area contributed by atoms with Crippen molar-refractivity contribution >= 4 is 23.6 Å². The first-order valence-electron chi connectivity index (χ1n) is 13.6. The van der Waals surface area contributed by atoms with Gasteiger partial charge in [0, 0.05) is 14.1 Å². The molecule has 4 amide bonds. The summed E-state index contributed by atoms with van der Waals surface area (Å²) in [6.07, 6.45) is -10.7. The fourth-order valence-corrected chi connectivity index (χ4v) is 4.56. The Balaban J connectivity index is 0.000000525. The van der Waals surface area contributed by atoms with Gasteiger partial charge in [0.2, 0.25) is 5.41 Å². The summed E-state index contributed by atoms with van der Waals surface area (Å²) >= 11 is 0. The van der Waals surface area contributed by atoms with Crippen molar-refractivity contribution in [1.29, 1.82) is 0 Å². The summed E-state index contributed by atoms with van der Waals surface area (Å²) < 4.78 is 86.4. The van der Waals surface area contributed by atoms with E-state index >= 15 is 0 Å². The molecule has 0 aliphatic carbocycles. The number of halogens is 6. The van der Waals surface area contributed by atoms with Gasteiger partial charge in [-0.05, 0) is 35.4 Å². The van der Waals surface area contributed by atoms with Crippen LogP contribution in [0.3, 0.4) is 0 Å². The second-order valence-corrected chi connectivity index (χ2v) is 9.47. The Labute approximate surface area is 251 Å². The first kappa shape index (κ1) is 35.7. The fraction of sp³-hybridized carbons (Fsp3) is 0.312. The van der Waals surface area contributed by atoms with E-state index in [0.29, 0.717) is 34.1 Å². The number of carbonyl (C=O) groups is 4. The lowest BCUT2D eigenvalue weighted by Gasteiger charge is -2.38. The molecule has 2 aliphatic rings. The van der Waals surface area contributed by atoms with Gasteiger partial charge in [0.05, 0.1) is 22.3 Å². The number of amides is 4. The highest BCUT2D eigenvalue weighted by Gasteiger charge is 2.73. The molecule has 44 heavy (non-hydrogen) atoms. The zero-order valence-electron chi connectivity index (χ0n) is 24.9. The van der Waals surface area contributed by atoms with Crippen molar-refractivity contribution in [2.75, 3.05) is 14.1 Å². The van der Waals surface area contributed by atoms with Crippen molar-refractivity contribution in [3.63, 3.8) is 0 Å². The molecule has 0 N–H and O–H groups in total. The van der Waals surface area contributed by atoms with E-state index in [0.717, 1.165) is 26.2 Å². The molecule has 2 heterocycles. The highest BCUT2D eigenvalue weighted by atomic mass is 19.4. The van der Waals surface area contributed by atoms with Crippen molar-refractivity contribution in [2.45, 2.75) is 51.9 Å². The summed E-state index contributed by atoms with van der Waals surface area (Å²) in [5, 5.41) is 0. The molecule has 6 nitrogen and oxygen atoms in total. The fourth-order valence-electron chi connectivity index (χ4n) is 4.56. The zero-order chi connectivity index (χ0) is 33.6. The standard InChI is InChI=1S/C21H12F6N2O4.C6H6.C3H8.C2H6/c1-28-15(30)11-5-3-9(7-13(11)17(28)32)19(20(22,23)24,21(25,26)27)10-4-6-12-14(8-10)18(33)29(2)16(12)31;1-2-4-6-5-3-1;1-3-2;1-2/h3-8H,1-2H3;1-6H;3H2,1-2H3;1-2H3. The third-order valence-corrected chi connectivity index (χ3v) is 6.56. The molecule has 236 valence electrons. The number of rotatable bonds is 2. The lowest BCUT2D eigenvalue weighted by molar-refractivity contribution is -0.288. The molecule has 3 aromatic carbocycles. The number of imide groups is 2. The predicted molar refractivity (Wildman–Crippen MR) is 152 cm³/mol. The van der Waals surface area contributed by atoms with Crippen LogP contribution in [0.4, 0.5) is 26.3 Å². The van der Waals surface area contributed by atoms with Gasteiger partial charge in [-0.3, -0.25) is 29.0 Å². The average Bonchev–Trinajstić information content (AvgIpc) is 3.33. The maximum absolute atomic E-state index is 14.4. The molecule has 0 spiro atoms. The topological polar surface area (TPSA) is 74.8 Å². The van der Waals surface area contributed by atoms with Gasteiger partial charge in [0.15, 0.2) is 0 Å². The Hall–Kier alpha value is -4.48. The third-order valence-electron chi connectivity index (χ3n) is 6.56. The average molecular weight is 623 g/mol. The molecule has 2 aliphatic heterocycles. The van der Waals surface area contributed by atoms with Gasteiger partial charge in [-0.25, -0.2) is 0 Å². The van der Waals surface area contributed by atoms with Crippen LogP contribution in [-0.2, 0) is 5.41 Å². The largest absolute Gasteiger partial charge is 0.411 e. The van der Waals surface area contributed by atoms with E-state index in [9.17, 15) is 45.5 Å². The minimum atomic E-state index is -5.98. The molecule has 0 fully saturated rings. The van der Waals surface area contributed by atoms with Gasteiger partial charge in [-0.15, -0.1) is 0 Å². The highest BCUT2D eigenvalue weighted by molar-refractivity contribution is 6.22. The van der Waals surface area contributed by atoms with Crippen molar-refractivity contribution in [3.05, 3.63) is 106 Å². The quantitative estimate of drug-likeness (QED) is 0.217. The van der Waals surface area contributed by atoms with Crippen molar-refractivity contribution in [1.82, 2.24) is 9.80 Å². The number of alkyl halides is 6. The van der Waals surface area contributed by atoms with Crippen LogP contribution in [-0.4, -0.2) is 59.9 Å². The van der Waals surface area contributed by atoms with Gasteiger partial charge < -0.3 is 0 Å². The second kappa shape index (κ2) is 13.9. The Morgan fingerprint density at radius 3 is 1.02 bits per heavy atom. The molecule has 5 rings (SSSR count). The maximum Gasteiger partial charge on any atom is 0.411 e. The van der Waals surface area contributed by atoms with E-state index < -0.39 is 63.7 Å². The van der Waals surface area contributed by atoms with E-state index in [1.807, 2.05) is 50.2 Å². The molecule has 12 heteroatoms. The third kappa shape index (κ3) is 6.24. The van der Waals surface area contributed by atoms with Crippen LogP contribution in [0.15, 0.2) is 72.8 Å². The molecule has 0 bridgehead atoms. The Morgan fingerprint density at radius 2 is 0.773 bits per heavy atom. The molecule has 0 unspecified atom stereocenters. The highest BCUT2D eigenvalue weighted by Crippen LogP contribution is 2.57. The first-order valence-corrected chi connectivity index (χ1v) is 13.6. The van der Waals surface area contributed by atoms with Crippen molar-refractivity contribution < 1.29 is 45.5 Å². The summed E-state index contributed by atoms with van der Waals surface area (Å²) in [5.74, 6) is -3.83. The van der Waals surface area contributed by atoms with Crippen molar-refractivity contribution in [2.24, 2.45) is 0 Å². The smallest absolute Gasteiger partial charge is 0.277 e. The number of carbonyl (C=O) groups excluding carboxylic acids is 4. The number of hydrogen-bond acceptors (Lipinski definition) is 4. The maximum atomic E-state index is 14.4. The van der Waals surface area contributed by atoms with Crippen LogP contribution in [0.5, 0.6) is 0 Å². The minimum absolute atomic E-state index is 0.333. The van der Waals surface area contributed by atoms with Gasteiger partial charge in [-0.1, -0.05) is 82.6 Å². The van der Waals surface area contributed by atoms with E-state index in [2.05, 4.69) is 13.8 Å². The van der Waals surface area contributed by atoms with Crippen LogP contribution >= 0.6 is 0 Å². The van der Waals surface area contributed by atoms with Crippen LogP contribution in [0.2, 0.25) is 0 Å². The van der Waals surface area contributed by atoms with Crippen LogP contribution in [0.25, 0.3) is 0 Å². The lowest BCUT2D eigenvalue weighted by Crippen LogP contribution is -2.55. The molecular weight excluding hydrogens is 590 g/mol. The predicted octanol–water partition coefficient (Wildman–Crippen LogP) is 7.68.